The first-order valence-corrected chi connectivity index (χ1v) is 8.48. The van der Waals surface area contributed by atoms with E-state index < -0.39 is 4.92 Å². The van der Waals surface area contributed by atoms with Crippen molar-refractivity contribution in [2.45, 2.75) is 19.8 Å². The summed E-state index contributed by atoms with van der Waals surface area (Å²) in [5.74, 6) is 0.203. The van der Waals surface area contributed by atoms with Gasteiger partial charge >= 0.3 is 5.00 Å². The van der Waals surface area contributed by atoms with Gasteiger partial charge < -0.3 is 16.0 Å². The molecular formula is C14H18N8O3S. The minimum Gasteiger partial charge on any atom is -0.359 e. The number of aryl methyl sites for hydroxylation is 1. The Morgan fingerprint density at radius 1 is 1.42 bits per heavy atom. The van der Waals surface area contributed by atoms with E-state index in [1.807, 2.05) is 6.92 Å². The average molecular weight is 378 g/mol. The summed E-state index contributed by atoms with van der Waals surface area (Å²) in [6.07, 6.45) is 4.44. The van der Waals surface area contributed by atoms with Gasteiger partial charge in [0.05, 0.1) is 4.92 Å². The maximum atomic E-state index is 11.2. The Morgan fingerprint density at radius 3 is 2.73 bits per heavy atom. The third-order valence-corrected chi connectivity index (χ3v) is 3.94. The molecule has 0 aliphatic carbocycles. The summed E-state index contributed by atoms with van der Waals surface area (Å²) >= 11 is 0.984. The number of guanidine groups is 2. The number of carbonyl (C=O) groups excluding carboxylic acids is 1. The monoisotopic (exact) mass is 378 g/mol. The molecule has 3 N–H and O–H groups in total. The van der Waals surface area contributed by atoms with Crippen LogP contribution in [-0.4, -0.2) is 43.1 Å². The molecule has 0 spiro atoms. The molecule has 0 atom stereocenters. The number of nitro groups is 1. The van der Waals surface area contributed by atoms with Crippen molar-refractivity contribution >= 4 is 40.0 Å². The topological polar surface area (TPSA) is 157 Å². The van der Waals surface area contributed by atoms with Crippen molar-refractivity contribution < 1.29 is 9.72 Å². The predicted octanol–water partition coefficient (Wildman–Crippen LogP) is 1.17. The van der Waals surface area contributed by atoms with E-state index in [-0.39, 0.29) is 29.2 Å². The van der Waals surface area contributed by atoms with Crippen molar-refractivity contribution in [2.75, 3.05) is 20.1 Å². The van der Waals surface area contributed by atoms with Gasteiger partial charge in [-0.25, -0.2) is 9.79 Å². The van der Waals surface area contributed by atoms with Crippen LogP contribution in [0.5, 0.6) is 0 Å². The van der Waals surface area contributed by atoms with E-state index in [0.29, 0.717) is 13.0 Å². The van der Waals surface area contributed by atoms with Crippen molar-refractivity contribution in [3.05, 3.63) is 21.1 Å². The SMILES string of the molecule is CCCc1csc([N+](=O)[O-])c1N=C(N=C=O)NCCNC(=NC#N)NC. The number of hydrogen-bond donors (Lipinski definition) is 3. The van der Waals surface area contributed by atoms with Crippen molar-refractivity contribution in [3.63, 3.8) is 0 Å². The lowest BCUT2D eigenvalue weighted by atomic mass is 10.2. The maximum absolute atomic E-state index is 11.2. The first kappa shape index (κ1) is 20.8. The van der Waals surface area contributed by atoms with Gasteiger partial charge in [0.15, 0.2) is 5.69 Å². The fourth-order valence-electron chi connectivity index (χ4n) is 1.91. The minimum absolute atomic E-state index is 0.0797. The summed E-state index contributed by atoms with van der Waals surface area (Å²) in [6.45, 7) is 2.56. The summed E-state index contributed by atoms with van der Waals surface area (Å²) in [5.41, 5.74) is 0.916. The second kappa shape index (κ2) is 11.3. The Balaban J connectivity index is 2.92. The van der Waals surface area contributed by atoms with Crippen LogP contribution in [0.3, 0.4) is 0 Å². The molecule has 0 aliphatic rings. The molecule has 0 amide bonds. The first-order valence-electron chi connectivity index (χ1n) is 7.60. The fraction of sp³-hybridized carbons (Fsp3) is 0.429. The molecule has 1 rings (SSSR count). The maximum Gasteiger partial charge on any atom is 0.350 e. The molecule has 0 bridgehead atoms. The molecule has 0 fully saturated rings. The molecule has 0 aromatic carbocycles. The third kappa shape index (κ3) is 6.31. The molecule has 0 saturated heterocycles. The molecule has 0 unspecified atom stereocenters. The van der Waals surface area contributed by atoms with Gasteiger partial charge in [0.25, 0.3) is 0 Å². The van der Waals surface area contributed by atoms with Crippen LogP contribution in [0, 0.1) is 21.6 Å². The summed E-state index contributed by atoms with van der Waals surface area (Å²) in [4.78, 5) is 32.4. The lowest BCUT2D eigenvalue weighted by molar-refractivity contribution is -0.379. The molecule has 138 valence electrons. The van der Waals surface area contributed by atoms with Crippen molar-refractivity contribution in [2.24, 2.45) is 15.0 Å². The Kier molecular flexibility index (Phi) is 9.02. The molecule has 26 heavy (non-hydrogen) atoms. The van der Waals surface area contributed by atoms with Gasteiger partial charge in [-0.1, -0.05) is 24.7 Å². The first-order chi connectivity index (χ1) is 12.6. The molecule has 0 radical (unpaired) electrons. The van der Waals surface area contributed by atoms with Crippen molar-refractivity contribution in [3.8, 4) is 6.19 Å². The molecule has 12 heteroatoms. The van der Waals surface area contributed by atoms with E-state index in [9.17, 15) is 14.9 Å². The van der Waals surface area contributed by atoms with E-state index >= 15 is 0 Å². The molecule has 1 aromatic heterocycles. The van der Waals surface area contributed by atoms with Crippen LogP contribution in [0.2, 0.25) is 0 Å². The normalized spacial score (nSPS) is 11.3. The number of nitrogens with zero attached hydrogens (tertiary/aromatic N) is 5. The van der Waals surface area contributed by atoms with Gasteiger partial charge in [-0.2, -0.15) is 5.26 Å². The van der Waals surface area contributed by atoms with E-state index in [2.05, 4.69) is 30.9 Å². The number of thiophene rings is 1. The second-order valence-electron chi connectivity index (χ2n) is 4.72. The quantitative estimate of drug-likeness (QED) is 0.122. The molecular weight excluding hydrogens is 360 g/mol. The highest BCUT2D eigenvalue weighted by molar-refractivity contribution is 7.14. The molecule has 11 nitrogen and oxygen atoms in total. The number of nitrogens with one attached hydrogen (secondary N) is 3. The summed E-state index contributed by atoms with van der Waals surface area (Å²) in [6, 6.07) is 0. The average Bonchev–Trinajstić information content (AvgIpc) is 3.00. The molecule has 0 saturated carbocycles. The second-order valence-corrected chi connectivity index (χ2v) is 5.58. The fourth-order valence-corrected chi connectivity index (χ4v) is 2.77. The Morgan fingerprint density at radius 2 is 2.15 bits per heavy atom. The van der Waals surface area contributed by atoms with E-state index in [1.54, 1.807) is 18.6 Å². The zero-order chi connectivity index (χ0) is 19.4. The molecule has 0 aliphatic heterocycles. The van der Waals surface area contributed by atoms with Crippen LogP contribution in [0.25, 0.3) is 0 Å². The standard InChI is InChI=1S/C14H18N8O3S/c1-3-4-10-7-26-12(22(24)25)11(10)21-14(20-9-23)18-6-5-17-13(16-2)19-8-15/h7H,3-6H2,1-2H3,(H,18,21)(H2,16,17,19). The molecule has 1 aromatic rings. The van der Waals surface area contributed by atoms with E-state index in [1.165, 1.54) is 6.08 Å². The van der Waals surface area contributed by atoms with Crippen LogP contribution >= 0.6 is 11.3 Å². The number of rotatable bonds is 7. The van der Waals surface area contributed by atoms with Gasteiger partial charge in [-0.15, -0.1) is 9.98 Å². The zero-order valence-corrected chi connectivity index (χ0v) is 15.1. The van der Waals surface area contributed by atoms with Gasteiger partial charge in [0, 0.05) is 25.5 Å². The van der Waals surface area contributed by atoms with Crippen molar-refractivity contribution in [1.82, 2.24) is 16.0 Å². The van der Waals surface area contributed by atoms with Crippen molar-refractivity contribution in [1.29, 1.82) is 5.26 Å². The van der Waals surface area contributed by atoms with E-state index in [0.717, 1.165) is 23.3 Å². The summed E-state index contributed by atoms with van der Waals surface area (Å²) in [5, 5.41) is 29.6. The van der Waals surface area contributed by atoms with Gasteiger partial charge in [-0.05, 0) is 12.0 Å². The Bertz CT molecular complexity index is 774. The number of nitriles is 1. The predicted molar refractivity (Wildman–Crippen MR) is 98.3 cm³/mol. The van der Waals surface area contributed by atoms with Gasteiger partial charge in [-0.3, -0.25) is 10.1 Å². The Labute approximate surface area is 153 Å². The van der Waals surface area contributed by atoms with Crippen LogP contribution in [0.15, 0.2) is 20.4 Å². The van der Waals surface area contributed by atoms with Crippen LogP contribution in [0.1, 0.15) is 18.9 Å². The van der Waals surface area contributed by atoms with Crippen LogP contribution in [0.4, 0.5) is 10.7 Å². The highest BCUT2D eigenvalue weighted by atomic mass is 32.1. The summed E-state index contributed by atoms with van der Waals surface area (Å²) in [7, 11) is 1.60. The number of aliphatic imine (C=N–C) groups is 3. The number of isocyanates is 1. The lowest BCUT2D eigenvalue weighted by Crippen LogP contribution is -2.39. The van der Waals surface area contributed by atoms with E-state index in [4.69, 9.17) is 5.26 Å². The largest absolute Gasteiger partial charge is 0.359 e. The number of hydrogen-bond acceptors (Lipinski definition) is 7. The van der Waals surface area contributed by atoms with Crippen LogP contribution < -0.4 is 16.0 Å². The Hall–Kier alpha value is -3.29. The lowest BCUT2D eigenvalue weighted by Gasteiger charge is -2.08. The molecule has 1 heterocycles. The van der Waals surface area contributed by atoms with Gasteiger partial charge in [0.1, 0.15) is 0 Å². The highest BCUT2D eigenvalue weighted by Gasteiger charge is 2.21. The zero-order valence-electron chi connectivity index (χ0n) is 14.3. The smallest absolute Gasteiger partial charge is 0.350 e. The minimum atomic E-state index is -0.510. The highest BCUT2D eigenvalue weighted by Crippen LogP contribution is 2.38. The summed E-state index contributed by atoms with van der Waals surface area (Å²) < 4.78 is 0. The van der Waals surface area contributed by atoms with Gasteiger partial charge in [0.2, 0.25) is 24.2 Å². The third-order valence-electron chi connectivity index (χ3n) is 2.97. The van der Waals surface area contributed by atoms with Crippen LogP contribution in [-0.2, 0) is 11.2 Å².